The Balaban J connectivity index is 1.14. The molecule has 2 atom stereocenters. The van der Waals surface area contributed by atoms with Crippen molar-refractivity contribution in [3.05, 3.63) is 87.8 Å². The summed E-state index contributed by atoms with van der Waals surface area (Å²) in [7, 11) is 0. The van der Waals surface area contributed by atoms with Crippen LogP contribution in [-0.4, -0.2) is 34.6 Å². The topological polar surface area (TPSA) is 80.0 Å². The van der Waals surface area contributed by atoms with Crippen LogP contribution in [0.3, 0.4) is 0 Å². The summed E-state index contributed by atoms with van der Waals surface area (Å²) < 4.78 is 11.8. The molecule has 39 heavy (non-hydrogen) atoms. The highest BCUT2D eigenvalue weighted by molar-refractivity contribution is 5.86. The summed E-state index contributed by atoms with van der Waals surface area (Å²) in [6.07, 6.45) is 5.24. The lowest BCUT2D eigenvalue weighted by atomic mass is 9.71. The van der Waals surface area contributed by atoms with E-state index in [2.05, 4.69) is 24.3 Å². The van der Waals surface area contributed by atoms with Crippen LogP contribution in [0.2, 0.25) is 0 Å². The summed E-state index contributed by atoms with van der Waals surface area (Å²) in [6, 6.07) is 20.0. The molecule has 1 amide bonds. The molecule has 6 rings (SSSR count). The van der Waals surface area contributed by atoms with Crippen LogP contribution in [0, 0.1) is 12.8 Å². The Labute approximate surface area is 228 Å². The molecular formula is C33H35NO5. The van der Waals surface area contributed by atoms with Crippen LogP contribution in [0.5, 0.6) is 5.75 Å². The fourth-order valence-corrected chi connectivity index (χ4v) is 6.52. The monoisotopic (exact) mass is 525 g/mol. The van der Waals surface area contributed by atoms with Crippen LogP contribution >= 0.6 is 0 Å². The molecule has 1 aromatic heterocycles. The van der Waals surface area contributed by atoms with E-state index < -0.39 is 11.2 Å². The highest BCUT2D eigenvalue weighted by Gasteiger charge is 2.43. The maximum absolute atomic E-state index is 13.0. The maximum atomic E-state index is 13.0. The third kappa shape index (κ3) is 5.06. The number of fused-ring (bicyclic) bond motifs is 3. The van der Waals surface area contributed by atoms with Crippen molar-refractivity contribution in [2.75, 3.05) is 13.1 Å². The SMILES string of the molecule is Cc1c(CCC(=O)N2CC[C@@]3(O)CCCC[C@@H]3C2)c(=O)oc2cc(OCc3cccc4ccccc34)ccc12. The minimum Gasteiger partial charge on any atom is -0.489 e. The van der Waals surface area contributed by atoms with E-state index in [1.807, 2.05) is 42.2 Å². The highest BCUT2D eigenvalue weighted by atomic mass is 16.5. The van der Waals surface area contributed by atoms with E-state index in [1.165, 1.54) is 5.39 Å². The lowest BCUT2D eigenvalue weighted by Gasteiger charge is -2.47. The second-order valence-electron chi connectivity index (χ2n) is 11.2. The first-order chi connectivity index (χ1) is 18.9. The third-order valence-electron chi connectivity index (χ3n) is 8.90. The number of aliphatic hydroxyl groups is 1. The lowest BCUT2D eigenvalue weighted by molar-refractivity contribution is -0.143. The van der Waals surface area contributed by atoms with Crippen LogP contribution in [0.1, 0.15) is 55.2 Å². The molecule has 2 aliphatic rings. The van der Waals surface area contributed by atoms with Crippen molar-refractivity contribution in [3.8, 4) is 5.75 Å². The Morgan fingerprint density at radius 3 is 2.82 bits per heavy atom. The normalized spacial score (nSPS) is 21.2. The van der Waals surface area contributed by atoms with Gasteiger partial charge in [-0.05, 0) is 66.6 Å². The molecule has 1 saturated carbocycles. The minimum absolute atomic E-state index is 0.0405. The molecule has 4 aromatic rings. The van der Waals surface area contributed by atoms with E-state index in [0.29, 0.717) is 49.4 Å². The van der Waals surface area contributed by atoms with Gasteiger partial charge in [-0.3, -0.25) is 4.79 Å². The average Bonchev–Trinajstić information content (AvgIpc) is 2.95. The molecule has 0 radical (unpaired) electrons. The standard InChI is InChI=1S/C33H35NO5/c1-22-27-13-12-26(38-21-24-9-6-8-23-7-2-3-11-29(23)24)19-30(27)39-32(36)28(22)14-15-31(35)34-18-17-33(37)16-5-4-10-25(33)20-34/h2-3,6-9,11-13,19,25,37H,4-5,10,14-18,20-21H2,1H3/t25-,33+/m1/s1. The number of carbonyl (C=O) groups is 1. The van der Waals surface area contributed by atoms with Crippen molar-refractivity contribution in [2.24, 2.45) is 5.92 Å². The second kappa shape index (κ2) is 10.5. The number of rotatable bonds is 6. The van der Waals surface area contributed by atoms with Crippen LogP contribution < -0.4 is 10.4 Å². The molecule has 1 aliphatic carbocycles. The van der Waals surface area contributed by atoms with Gasteiger partial charge in [0, 0.05) is 42.4 Å². The van der Waals surface area contributed by atoms with Crippen molar-refractivity contribution in [1.82, 2.24) is 4.90 Å². The molecule has 3 aromatic carbocycles. The summed E-state index contributed by atoms with van der Waals surface area (Å²) in [5.74, 6) is 0.834. The quantitative estimate of drug-likeness (QED) is 0.316. The Kier molecular flexibility index (Phi) is 6.90. The van der Waals surface area contributed by atoms with Crippen molar-refractivity contribution in [1.29, 1.82) is 0 Å². The summed E-state index contributed by atoms with van der Waals surface area (Å²) >= 11 is 0. The summed E-state index contributed by atoms with van der Waals surface area (Å²) in [4.78, 5) is 27.9. The van der Waals surface area contributed by atoms with Gasteiger partial charge in [0.2, 0.25) is 5.91 Å². The number of amides is 1. The number of aryl methyl sites for hydroxylation is 1. The van der Waals surface area contributed by atoms with Crippen molar-refractivity contribution < 1.29 is 19.1 Å². The molecule has 0 spiro atoms. The van der Waals surface area contributed by atoms with Gasteiger partial charge >= 0.3 is 5.63 Å². The van der Waals surface area contributed by atoms with Gasteiger partial charge in [-0.2, -0.15) is 0 Å². The third-order valence-corrected chi connectivity index (χ3v) is 8.90. The average molecular weight is 526 g/mol. The van der Waals surface area contributed by atoms with E-state index in [-0.39, 0.29) is 18.2 Å². The number of hydrogen-bond donors (Lipinski definition) is 1. The summed E-state index contributed by atoms with van der Waals surface area (Å²) in [5.41, 5.74) is 1.95. The fraction of sp³-hybridized carbons (Fsp3) is 0.394. The van der Waals surface area contributed by atoms with Crippen LogP contribution in [0.25, 0.3) is 21.7 Å². The van der Waals surface area contributed by atoms with Gasteiger partial charge in [0.15, 0.2) is 0 Å². The van der Waals surface area contributed by atoms with Crippen LogP contribution in [-0.2, 0) is 17.8 Å². The molecule has 2 fully saturated rings. The van der Waals surface area contributed by atoms with Gasteiger partial charge < -0.3 is 19.2 Å². The minimum atomic E-state index is -0.609. The van der Waals surface area contributed by atoms with E-state index in [1.54, 1.807) is 6.07 Å². The van der Waals surface area contributed by atoms with E-state index in [4.69, 9.17) is 9.15 Å². The first kappa shape index (κ1) is 25.6. The van der Waals surface area contributed by atoms with Gasteiger partial charge in [0.1, 0.15) is 17.9 Å². The number of piperidine rings is 1. The Morgan fingerprint density at radius 2 is 1.92 bits per heavy atom. The fourth-order valence-electron chi connectivity index (χ4n) is 6.52. The van der Waals surface area contributed by atoms with Gasteiger partial charge in [0.05, 0.1) is 5.60 Å². The number of ether oxygens (including phenoxy) is 1. The van der Waals surface area contributed by atoms with E-state index in [9.17, 15) is 14.7 Å². The predicted molar refractivity (Wildman–Crippen MR) is 152 cm³/mol. The molecule has 0 bridgehead atoms. The summed E-state index contributed by atoms with van der Waals surface area (Å²) in [5, 5.41) is 14.1. The number of carbonyl (C=O) groups excluding carboxylic acids is 1. The Hall–Kier alpha value is -3.64. The Morgan fingerprint density at radius 1 is 1.08 bits per heavy atom. The molecule has 6 nitrogen and oxygen atoms in total. The largest absolute Gasteiger partial charge is 0.489 e. The number of hydrogen-bond acceptors (Lipinski definition) is 5. The molecule has 2 heterocycles. The molecule has 1 saturated heterocycles. The van der Waals surface area contributed by atoms with Crippen molar-refractivity contribution in [3.63, 3.8) is 0 Å². The molecule has 1 N–H and O–H groups in total. The molecule has 202 valence electrons. The van der Waals surface area contributed by atoms with Gasteiger partial charge in [-0.25, -0.2) is 4.79 Å². The van der Waals surface area contributed by atoms with Gasteiger partial charge in [-0.15, -0.1) is 0 Å². The van der Waals surface area contributed by atoms with E-state index in [0.717, 1.165) is 47.6 Å². The maximum Gasteiger partial charge on any atom is 0.339 e. The van der Waals surface area contributed by atoms with Crippen molar-refractivity contribution in [2.45, 2.75) is 64.1 Å². The number of nitrogens with zero attached hydrogens (tertiary/aromatic N) is 1. The zero-order chi connectivity index (χ0) is 27.0. The first-order valence-electron chi connectivity index (χ1n) is 14.1. The first-order valence-corrected chi connectivity index (χ1v) is 14.1. The second-order valence-corrected chi connectivity index (χ2v) is 11.2. The van der Waals surface area contributed by atoms with Gasteiger partial charge in [0.25, 0.3) is 0 Å². The highest BCUT2D eigenvalue weighted by Crippen LogP contribution is 2.40. The van der Waals surface area contributed by atoms with Crippen molar-refractivity contribution >= 4 is 27.6 Å². The molecule has 1 aliphatic heterocycles. The molecule has 0 unspecified atom stereocenters. The summed E-state index contributed by atoms with van der Waals surface area (Å²) in [6.45, 7) is 3.52. The molecular weight excluding hydrogens is 490 g/mol. The zero-order valence-electron chi connectivity index (χ0n) is 22.4. The Bertz CT molecular complexity index is 1590. The molecule has 6 heteroatoms. The number of likely N-dealkylation sites (tertiary alicyclic amines) is 1. The van der Waals surface area contributed by atoms with Gasteiger partial charge in [-0.1, -0.05) is 55.3 Å². The number of benzene rings is 3. The predicted octanol–water partition coefficient (Wildman–Crippen LogP) is 5.92. The zero-order valence-corrected chi connectivity index (χ0v) is 22.4. The van der Waals surface area contributed by atoms with Crippen LogP contribution in [0.4, 0.5) is 0 Å². The van der Waals surface area contributed by atoms with Crippen LogP contribution in [0.15, 0.2) is 69.9 Å². The van der Waals surface area contributed by atoms with E-state index >= 15 is 0 Å². The smallest absolute Gasteiger partial charge is 0.339 e. The lowest BCUT2D eigenvalue weighted by Crippen LogP contribution is -2.54.